The van der Waals surface area contributed by atoms with Gasteiger partial charge in [0.1, 0.15) is 0 Å². The van der Waals surface area contributed by atoms with Crippen LogP contribution in [0.25, 0.3) is 0 Å². The number of anilines is 1. The summed E-state index contributed by atoms with van der Waals surface area (Å²) in [6, 6.07) is 9.79. The molecule has 0 spiro atoms. The highest BCUT2D eigenvalue weighted by Crippen LogP contribution is 2.34. The number of urea groups is 1. The highest BCUT2D eigenvalue weighted by Gasteiger charge is 2.30. The van der Waals surface area contributed by atoms with Crippen LogP contribution in [0.1, 0.15) is 33.6 Å². The lowest BCUT2D eigenvalue weighted by Gasteiger charge is -2.37. The second-order valence-corrected chi connectivity index (χ2v) is 9.33. The Morgan fingerprint density at radius 1 is 1.19 bits per heavy atom. The largest absolute Gasteiger partial charge is 0.331 e. The predicted molar refractivity (Wildman–Crippen MR) is 115 cm³/mol. The zero-order chi connectivity index (χ0) is 20.0. The van der Waals surface area contributed by atoms with Crippen LogP contribution in [-0.4, -0.2) is 56.2 Å². The molecular formula is C23H38N3O+. The van der Waals surface area contributed by atoms with E-state index in [0.717, 1.165) is 42.6 Å². The molecule has 0 aliphatic heterocycles. The number of para-hydroxylation sites is 1. The van der Waals surface area contributed by atoms with Crippen molar-refractivity contribution in [2.45, 2.75) is 33.6 Å². The van der Waals surface area contributed by atoms with Gasteiger partial charge in [-0.05, 0) is 43.2 Å². The SMILES string of the molecule is CC1=C[C@@H](C)[C@@H](CN(CCC[N+](C)(C)C)C(=O)Nc2ccccc2)[C@@H](C)C1. The van der Waals surface area contributed by atoms with Gasteiger partial charge in [0.2, 0.25) is 0 Å². The lowest BCUT2D eigenvalue weighted by Crippen LogP contribution is -2.44. The average Bonchev–Trinajstić information content (AvgIpc) is 2.56. The standard InChI is InChI=1S/C23H37N3O/c1-18-15-19(2)22(20(3)16-18)17-25(13-10-14-26(4,5)6)23(27)24-21-11-8-7-9-12-21/h7-9,11-12,15,19-20,22H,10,13-14,16-17H2,1-6H3/p+1/t19-,20+,22-/m1/s1. The molecule has 0 fully saturated rings. The summed E-state index contributed by atoms with van der Waals surface area (Å²) in [5.41, 5.74) is 2.34. The van der Waals surface area contributed by atoms with E-state index in [4.69, 9.17) is 0 Å². The van der Waals surface area contributed by atoms with E-state index in [2.05, 4.69) is 53.3 Å². The summed E-state index contributed by atoms with van der Waals surface area (Å²) in [6.07, 6.45) is 4.54. The van der Waals surface area contributed by atoms with Crippen LogP contribution in [0, 0.1) is 17.8 Å². The monoisotopic (exact) mass is 372 g/mol. The van der Waals surface area contributed by atoms with Crippen molar-refractivity contribution >= 4 is 11.7 Å². The Hall–Kier alpha value is -1.81. The number of carbonyl (C=O) groups excluding carboxylic acids is 1. The first-order chi connectivity index (χ1) is 12.7. The molecule has 0 unspecified atom stereocenters. The van der Waals surface area contributed by atoms with Gasteiger partial charge in [0.05, 0.1) is 27.7 Å². The fourth-order valence-corrected chi connectivity index (χ4v) is 4.15. The van der Waals surface area contributed by atoms with E-state index in [1.165, 1.54) is 5.57 Å². The Balaban J connectivity index is 2.07. The topological polar surface area (TPSA) is 32.3 Å². The van der Waals surface area contributed by atoms with Crippen LogP contribution >= 0.6 is 0 Å². The first kappa shape index (κ1) is 21.5. The highest BCUT2D eigenvalue weighted by molar-refractivity contribution is 5.89. The summed E-state index contributed by atoms with van der Waals surface area (Å²) in [5, 5.41) is 3.08. The number of nitrogens with one attached hydrogen (secondary N) is 1. The molecule has 1 aliphatic carbocycles. The molecule has 0 aromatic heterocycles. The van der Waals surface area contributed by atoms with Gasteiger partial charge in [-0.2, -0.15) is 0 Å². The van der Waals surface area contributed by atoms with E-state index in [-0.39, 0.29) is 6.03 Å². The minimum absolute atomic E-state index is 0.0216. The number of rotatable bonds is 7. The van der Waals surface area contributed by atoms with Crippen LogP contribution in [0.2, 0.25) is 0 Å². The van der Waals surface area contributed by atoms with E-state index in [9.17, 15) is 4.79 Å². The minimum Gasteiger partial charge on any atom is -0.331 e. The van der Waals surface area contributed by atoms with Gasteiger partial charge in [-0.3, -0.25) is 0 Å². The number of carbonyl (C=O) groups is 1. The van der Waals surface area contributed by atoms with Crippen LogP contribution in [0.4, 0.5) is 10.5 Å². The summed E-state index contributed by atoms with van der Waals surface area (Å²) in [5.74, 6) is 1.63. The lowest BCUT2D eigenvalue weighted by molar-refractivity contribution is -0.870. The molecule has 0 saturated heterocycles. The van der Waals surface area contributed by atoms with Gasteiger partial charge in [-0.15, -0.1) is 0 Å². The van der Waals surface area contributed by atoms with Crippen LogP contribution in [0.3, 0.4) is 0 Å². The van der Waals surface area contributed by atoms with E-state index < -0.39 is 0 Å². The number of allylic oxidation sites excluding steroid dienone is 2. The summed E-state index contributed by atoms with van der Waals surface area (Å²) in [6.45, 7) is 9.53. The zero-order valence-corrected chi connectivity index (χ0v) is 18.0. The molecule has 0 saturated carbocycles. The van der Waals surface area contributed by atoms with Crippen molar-refractivity contribution in [1.82, 2.24) is 4.90 Å². The minimum atomic E-state index is 0.0216. The van der Waals surface area contributed by atoms with Gasteiger partial charge < -0.3 is 14.7 Å². The lowest BCUT2D eigenvalue weighted by atomic mass is 9.75. The number of amides is 2. The van der Waals surface area contributed by atoms with Gasteiger partial charge in [0.15, 0.2) is 0 Å². The number of hydrogen-bond acceptors (Lipinski definition) is 1. The predicted octanol–water partition coefficient (Wildman–Crippen LogP) is 4.86. The molecular weight excluding hydrogens is 334 g/mol. The zero-order valence-electron chi connectivity index (χ0n) is 18.0. The van der Waals surface area contributed by atoms with Gasteiger partial charge >= 0.3 is 6.03 Å². The van der Waals surface area contributed by atoms with Crippen LogP contribution < -0.4 is 5.32 Å². The Morgan fingerprint density at radius 2 is 1.85 bits per heavy atom. The van der Waals surface area contributed by atoms with Crippen molar-refractivity contribution < 1.29 is 9.28 Å². The third-order valence-electron chi connectivity index (χ3n) is 5.60. The first-order valence-corrected chi connectivity index (χ1v) is 10.2. The first-order valence-electron chi connectivity index (χ1n) is 10.2. The quantitative estimate of drug-likeness (QED) is 0.538. The molecule has 3 atom stereocenters. The van der Waals surface area contributed by atoms with Crippen molar-refractivity contribution in [1.29, 1.82) is 0 Å². The van der Waals surface area contributed by atoms with Crippen LogP contribution in [0.5, 0.6) is 0 Å². The number of benzene rings is 1. The van der Waals surface area contributed by atoms with E-state index in [0.29, 0.717) is 17.8 Å². The summed E-state index contributed by atoms with van der Waals surface area (Å²) < 4.78 is 0.923. The highest BCUT2D eigenvalue weighted by atomic mass is 16.2. The summed E-state index contributed by atoms with van der Waals surface area (Å²) in [7, 11) is 6.60. The van der Waals surface area contributed by atoms with E-state index in [1.807, 2.05) is 35.2 Å². The van der Waals surface area contributed by atoms with Crippen molar-refractivity contribution in [3.63, 3.8) is 0 Å². The number of hydrogen-bond donors (Lipinski definition) is 1. The molecule has 0 bridgehead atoms. The van der Waals surface area contributed by atoms with Gasteiger partial charge in [0, 0.05) is 25.2 Å². The van der Waals surface area contributed by atoms with Gasteiger partial charge in [-0.1, -0.05) is 43.7 Å². The molecule has 0 radical (unpaired) electrons. The molecule has 2 rings (SSSR count). The smallest absolute Gasteiger partial charge is 0.321 e. The number of nitrogens with zero attached hydrogens (tertiary/aromatic N) is 2. The molecule has 1 aromatic carbocycles. The number of quaternary nitrogens is 1. The van der Waals surface area contributed by atoms with Crippen molar-refractivity contribution in [3.05, 3.63) is 42.0 Å². The molecule has 4 heteroatoms. The Kier molecular flexibility index (Phi) is 7.49. The van der Waals surface area contributed by atoms with Crippen molar-refractivity contribution in [2.75, 3.05) is 46.1 Å². The fraction of sp³-hybridized carbons (Fsp3) is 0.609. The summed E-state index contributed by atoms with van der Waals surface area (Å²) >= 11 is 0. The van der Waals surface area contributed by atoms with Crippen LogP contribution in [0.15, 0.2) is 42.0 Å². The van der Waals surface area contributed by atoms with E-state index >= 15 is 0 Å². The maximum atomic E-state index is 13.0. The van der Waals surface area contributed by atoms with Gasteiger partial charge in [0.25, 0.3) is 0 Å². The third kappa shape index (κ3) is 7.02. The normalized spacial score (nSPS) is 22.9. The van der Waals surface area contributed by atoms with E-state index in [1.54, 1.807) is 0 Å². The maximum Gasteiger partial charge on any atom is 0.321 e. The van der Waals surface area contributed by atoms with Gasteiger partial charge in [-0.25, -0.2) is 4.79 Å². The molecule has 0 heterocycles. The Bertz CT molecular complexity index is 633. The average molecular weight is 373 g/mol. The molecule has 4 nitrogen and oxygen atoms in total. The Morgan fingerprint density at radius 3 is 2.44 bits per heavy atom. The summed E-state index contributed by atoms with van der Waals surface area (Å²) in [4.78, 5) is 15.1. The molecule has 27 heavy (non-hydrogen) atoms. The molecule has 1 aromatic rings. The second kappa shape index (κ2) is 9.41. The molecule has 150 valence electrons. The van der Waals surface area contributed by atoms with Crippen molar-refractivity contribution in [3.8, 4) is 0 Å². The fourth-order valence-electron chi connectivity index (χ4n) is 4.15. The van der Waals surface area contributed by atoms with Crippen LogP contribution in [-0.2, 0) is 0 Å². The molecule has 2 amide bonds. The Labute approximate surface area is 165 Å². The molecule has 1 aliphatic rings. The third-order valence-corrected chi connectivity index (χ3v) is 5.60. The van der Waals surface area contributed by atoms with Crippen molar-refractivity contribution in [2.24, 2.45) is 17.8 Å². The maximum absolute atomic E-state index is 13.0. The molecule has 1 N–H and O–H groups in total. The second-order valence-electron chi connectivity index (χ2n) is 9.33.